The van der Waals surface area contributed by atoms with E-state index in [0.717, 1.165) is 12.8 Å². The van der Waals surface area contributed by atoms with Crippen molar-refractivity contribution in [3.8, 4) is 0 Å². The van der Waals surface area contributed by atoms with Gasteiger partial charge in [0.2, 0.25) is 0 Å². The summed E-state index contributed by atoms with van der Waals surface area (Å²) < 4.78 is 16.0. The molecule has 0 aromatic carbocycles. The van der Waals surface area contributed by atoms with Gasteiger partial charge in [0, 0.05) is 11.3 Å². The lowest BCUT2D eigenvalue weighted by molar-refractivity contribution is -0.192. The van der Waals surface area contributed by atoms with E-state index in [-0.39, 0.29) is 30.7 Å². The van der Waals surface area contributed by atoms with E-state index in [0.29, 0.717) is 0 Å². The highest BCUT2D eigenvalue weighted by Gasteiger charge is 2.75. The first-order valence-corrected chi connectivity index (χ1v) is 6.83. The smallest absolute Gasteiger partial charge is 0.350 e. The van der Waals surface area contributed by atoms with E-state index in [1.54, 1.807) is 13.8 Å². The summed E-state index contributed by atoms with van der Waals surface area (Å²) in [5.41, 5.74) is -1.72. The van der Waals surface area contributed by atoms with E-state index in [4.69, 9.17) is 14.2 Å². The molecular formula is C14H18O5. The van der Waals surface area contributed by atoms with Gasteiger partial charge >= 0.3 is 11.9 Å². The van der Waals surface area contributed by atoms with Crippen LogP contribution in [0.1, 0.15) is 26.7 Å². The Morgan fingerprint density at radius 3 is 2.21 bits per heavy atom. The molecule has 3 rings (SSSR count). The second-order valence-corrected chi connectivity index (χ2v) is 5.27. The molecule has 3 atom stereocenters. The fourth-order valence-corrected chi connectivity index (χ4v) is 3.47. The number of hydrogen-bond acceptors (Lipinski definition) is 5. The first kappa shape index (κ1) is 12.7. The van der Waals surface area contributed by atoms with Crippen LogP contribution in [0.25, 0.3) is 0 Å². The van der Waals surface area contributed by atoms with Crippen LogP contribution in [-0.2, 0) is 23.8 Å². The molecule has 2 aliphatic carbocycles. The van der Waals surface area contributed by atoms with Crippen molar-refractivity contribution in [2.75, 3.05) is 13.2 Å². The Bertz CT molecular complexity index is 437. The summed E-state index contributed by atoms with van der Waals surface area (Å²) in [6.45, 7) is 3.87. The zero-order valence-electron chi connectivity index (χ0n) is 11.2. The molecular weight excluding hydrogens is 248 g/mol. The number of carbonyl (C=O) groups is 2. The molecule has 19 heavy (non-hydrogen) atoms. The molecule has 0 amide bonds. The van der Waals surface area contributed by atoms with Crippen molar-refractivity contribution >= 4 is 11.9 Å². The van der Waals surface area contributed by atoms with Crippen LogP contribution in [0.3, 0.4) is 0 Å². The number of ether oxygens (including phenoxy) is 3. The van der Waals surface area contributed by atoms with E-state index in [2.05, 4.69) is 6.08 Å². The Kier molecular flexibility index (Phi) is 2.71. The molecule has 3 unspecified atom stereocenters. The lowest BCUT2D eigenvalue weighted by Gasteiger charge is -2.49. The van der Waals surface area contributed by atoms with E-state index in [9.17, 15) is 9.59 Å². The Hall–Kier alpha value is -1.36. The largest absolute Gasteiger partial charge is 0.463 e. The van der Waals surface area contributed by atoms with Crippen LogP contribution in [-0.4, -0.2) is 36.9 Å². The summed E-state index contributed by atoms with van der Waals surface area (Å²) in [5, 5.41) is 0. The molecule has 2 fully saturated rings. The van der Waals surface area contributed by atoms with E-state index in [1.807, 2.05) is 6.08 Å². The van der Waals surface area contributed by atoms with Gasteiger partial charge in [0.25, 0.3) is 5.60 Å². The Morgan fingerprint density at radius 2 is 1.89 bits per heavy atom. The molecule has 1 heterocycles. The highest BCUT2D eigenvalue weighted by Crippen LogP contribution is 2.66. The van der Waals surface area contributed by atoms with Crippen LogP contribution >= 0.6 is 0 Å². The lowest BCUT2D eigenvalue weighted by Crippen LogP contribution is -2.57. The topological polar surface area (TPSA) is 61.8 Å². The molecule has 104 valence electrons. The summed E-state index contributed by atoms with van der Waals surface area (Å²) in [6.07, 6.45) is 5.72. The van der Waals surface area contributed by atoms with Gasteiger partial charge in [-0.1, -0.05) is 12.2 Å². The van der Waals surface area contributed by atoms with Gasteiger partial charge in [-0.2, -0.15) is 0 Å². The van der Waals surface area contributed by atoms with Gasteiger partial charge in [0.05, 0.1) is 19.3 Å². The van der Waals surface area contributed by atoms with Gasteiger partial charge in [0.1, 0.15) is 0 Å². The molecule has 5 nitrogen and oxygen atoms in total. The lowest BCUT2D eigenvalue weighted by atomic mass is 9.52. The minimum absolute atomic E-state index is 0.0590. The molecule has 0 bridgehead atoms. The zero-order chi connectivity index (χ0) is 13.7. The van der Waals surface area contributed by atoms with Crippen molar-refractivity contribution in [3.05, 3.63) is 12.2 Å². The maximum Gasteiger partial charge on any atom is 0.350 e. The molecule has 0 aromatic heterocycles. The summed E-state index contributed by atoms with van der Waals surface area (Å²) >= 11 is 0. The highest BCUT2D eigenvalue weighted by atomic mass is 16.6. The van der Waals surface area contributed by atoms with Crippen molar-refractivity contribution in [1.82, 2.24) is 0 Å². The molecule has 0 radical (unpaired) electrons. The Morgan fingerprint density at radius 1 is 1.26 bits per heavy atom. The third kappa shape index (κ3) is 1.34. The summed E-state index contributed by atoms with van der Waals surface area (Å²) in [6, 6.07) is 0. The van der Waals surface area contributed by atoms with Crippen LogP contribution in [0.2, 0.25) is 0 Å². The van der Waals surface area contributed by atoms with E-state index in [1.165, 1.54) is 0 Å². The Labute approximate surface area is 111 Å². The molecule has 1 saturated carbocycles. The van der Waals surface area contributed by atoms with Gasteiger partial charge < -0.3 is 14.2 Å². The standard InChI is InChI=1S/C14H18O5/c1-3-17-11(15)14(12(16)18-4-2)9-5-7-13(9)8-6-10(13)19-14/h5,7,9-10H,3-4,6,8H2,1-2H3. The summed E-state index contributed by atoms with van der Waals surface area (Å²) in [7, 11) is 0. The quantitative estimate of drug-likeness (QED) is 0.435. The fraction of sp³-hybridized carbons (Fsp3) is 0.714. The third-order valence-corrected chi connectivity index (χ3v) is 4.54. The SMILES string of the molecule is CCOC(=O)C1(C(=O)OCC)OC2CCC23C=CC13. The average molecular weight is 266 g/mol. The summed E-state index contributed by atoms with van der Waals surface area (Å²) in [5.74, 6) is -1.47. The third-order valence-electron chi connectivity index (χ3n) is 4.54. The number of rotatable bonds is 4. The molecule has 3 aliphatic rings. The van der Waals surface area contributed by atoms with Gasteiger partial charge in [-0.15, -0.1) is 0 Å². The predicted molar refractivity (Wildman–Crippen MR) is 65.2 cm³/mol. The first-order chi connectivity index (χ1) is 9.11. The monoisotopic (exact) mass is 266 g/mol. The number of carbonyl (C=O) groups excluding carboxylic acids is 2. The molecule has 0 aromatic rings. The number of esters is 2. The highest BCUT2D eigenvalue weighted by molar-refractivity contribution is 6.05. The Balaban J connectivity index is 1.96. The van der Waals surface area contributed by atoms with E-state index < -0.39 is 17.5 Å². The fourth-order valence-electron chi connectivity index (χ4n) is 3.47. The van der Waals surface area contributed by atoms with Gasteiger partial charge in [-0.3, -0.25) is 0 Å². The van der Waals surface area contributed by atoms with Crippen LogP contribution in [0.15, 0.2) is 12.2 Å². The van der Waals surface area contributed by atoms with Crippen LogP contribution in [0.4, 0.5) is 0 Å². The second kappa shape index (κ2) is 4.07. The van der Waals surface area contributed by atoms with E-state index >= 15 is 0 Å². The van der Waals surface area contributed by atoms with Gasteiger partial charge in [0.15, 0.2) is 0 Å². The minimum atomic E-state index is -1.58. The van der Waals surface area contributed by atoms with Gasteiger partial charge in [-0.25, -0.2) is 9.59 Å². The maximum atomic E-state index is 12.3. The van der Waals surface area contributed by atoms with Crippen molar-refractivity contribution in [2.45, 2.75) is 38.4 Å². The van der Waals surface area contributed by atoms with Crippen LogP contribution in [0.5, 0.6) is 0 Å². The first-order valence-electron chi connectivity index (χ1n) is 6.83. The number of hydrogen-bond donors (Lipinski definition) is 0. The van der Waals surface area contributed by atoms with Crippen molar-refractivity contribution in [2.24, 2.45) is 11.3 Å². The van der Waals surface area contributed by atoms with Crippen molar-refractivity contribution < 1.29 is 23.8 Å². The molecule has 1 aliphatic heterocycles. The predicted octanol–water partition coefficient (Wildman–Crippen LogP) is 1.22. The van der Waals surface area contributed by atoms with Crippen molar-refractivity contribution in [3.63, 3.8) is 0 Å². The van der Waals surface area contributed by atoms with Gasteiger partial charge in [-0.05, 0) is 26.7 Å². The molecule has 0 N–H and O–H groups in total. The normalized spacial score (nSPS) is 36.5. The molecule has 5 heteroatoms. The second-order valence-electron chi connectivity index (χ2n) is 5.27. The zero-order valence-corrected chi connectivity index (χ0v) is 11.2. The molecule has 1 saturated heterocycles. The minimum Gasteiger partial charge on any atom is -0.463 e. The average Bonchev–Trinajstić information content (AvgIpc) is 2.44. The van der Waals surface area contributed by atoms with Crippen LogP contribution in [0, 0.1) is 11.3 Å². The van der Waals surface area contributed by atoms with Crippen molar-refractivity contribution in [1.29, 1.82) is 0 Å². The summed E-state index contributed by atoms with van der Waals surface area (Å²) in [4.78, 5) is 24.6. The molecule has 1 spiro atoms. The maximum absolute atomic E-state index is 12.3. The van der Waals surface area contributed by atoms with Crippen LogP contribution < -0.4 is 0 Å².